The predicted molar refractivity (Wildman–Crippen MR) is 95.1 cm³/mol. The molecule has 5 nitrogen and oxygen atoms in total. The summed E-state index contributed by atoms with van der Waals surface area (Å²) in [6.07, 6.45) is 3.55. The highest BCUT2D eigenvalue weighted by atomic mass is 16.5. The highest BCUT2D eigenvalue weighted by molar-refractivity contribution is 6.09. The summed E-state index contributed by atoms with van der Waals surface area (Å²) in [5.74, 6) is 0.574. The van der Waals surface area contributed by atoms with Crippen LogP contribution >= 0.6 is 0 Å². The van der Waals surface area contributed by atoms with Gasteiger partial charge in [-0.3, -0.25) is 9.59 Å². The Hall–Kier alpha value is -2.82. The molecule has 0 spiro atoms. The van der Waals surface area contributed by atoms with Crippen LogP contribution in [0.25, 0.3) is 0 Å². The summed E-state index contributed by atoms with van der Waals surface area (Å²) < 4.78 is 11.0. The van der Waals surface area contributed by atoms with E-state index in [9.17, 15) is 9.59 Å². The van der Waals surface area contributed by atoms with Crippen LogP contribution in [-0.4, -0.2) is 24.3 Å². The maximum Gasteiger partial charge on any atom is 0.268 e. The van der Waals surface area contributed by atoms with E-state index in [1.165, 1.54) is 6.26 Å². The second kappa shape index (κ2) is 6.97. The minimum absolute atomic E-state index is 0.0879. The fourth-order valence-corrected chi connectivity index (χ4v) is 2.74. The number of hydrogen-bond donors (Lipinski definition) is 0. The van der Waals surface area contributed by atoms with Crippen LogP contribution in [0.5, 0.6) is 5.75 Å². The van der Waals surface area contributed by atoms with Gasteiger partial charge >= 0.3 is 0 Å². The van der Waals surface area contributed by atoms with Crippen molar-refractivity contribution < 1.29 is 18.7 Å². The van der Waals surface area contributed by atoms with Gasteiger partial charge in [-0.1, -0.05) is 18.6 Å². The van der Waals surface area contributed by atoms with Gasteiger partial charge in [0, 0.05) is 12.1 Å². The number of furan rings is 1. The van der Waals surface area contributed by atoms with E-state index >= 15 is 0 Å². The number of ketones is 1. The lowest BCUT2D eigenvalue weighted by Gasteiger charge is -2.33. The Morgan fingerprint density at radius 1 is 1.28 bits per heavy atom. The lowest BCUT2D eigenvalue weighted by molar-refractivity contribution is -0.126. The highest BCUT2D eigenvalue weighted by Crippen LogP contribution is 2.36. The van der Waals surface area contributed by atoms with E-state index in [1.807, 2.05) is 26.8 Å². The van der Waals surface area contributed by atoms with Crippen LogP contribution in [0.3, 0.4) is 0 Å². The fourth-order valence-electron chi connectivity index (χ4n) is 2.74. The molecule has 5 heteroatoms. The van der Waals surface area contributed by atoms with Crippen LogP contribution in [0.1, 0.15) is 43.3 Å². The van der Waals surface area contributed by atoms with Crippen LogP contribution in [-0.2, 0) is 4.79 Å². The van der Waals surface area contributed by atoms with E-state index in [0.717, 1.165) is 5.57 Å². The zero-order valence-electron chi connectivity index (χ0n) is 14.6. The summed E-state index contributed by atoms with van der Waals surface area (Å²) in [7, 11) is 0. The van der Waals surface area contributed by atoms with Crippen molar-refractivity contribution in [3.63, 3.8) is 0 Å². The fraction of sp³-hybridized carbons (Fsp3) is 0.300. The second-order valence-electron chi connectivity index (χ2n) is 6.23. The Kier molecular flexibility index (Phi) is 4.74. The molecule has 130 valence electrons. The SMILES string of the molecule is CC[C@H]1Oc2ccc(C(=O)c3ccco3)cc2N(CC=C(C)C)C1=O. The van der Waals surface area contributed by atoms with Crippen molar-refractivity contribution in [3.8, 4) is 5.75 Å². The third-order valence-corrected chi connectivity index (χ3v) is 4.12. The minimum atomic E-state index is -0.496. The van der Waals surface area contributed by atoms with E-state index < -0.39 is 6.10 Å². The van der Waals surface area contributed by atoms with Gasteiger partial charge in [0.25, 0.3) is 5.91 Å². The van der Waals surface area contributed by atoms with Gasteiger partial charge in [0.05, 0.1) is 12.0 Å². The van der Waals surface area contributed by atoms with Gasteiger partial charge in [0.15, 0.2) is 11.9 Å². The number of amides is 1. The summed E-state index contributed by atoms with van der Waals surface area (Å²) in [5.41, 5.74) is 2.20. The van der Waals surface area contributed by atoms with E-state index in [-0.39, 0.29) is 17.5 Å². The third kappa shape index (κ3) is 3.36. The first-order valence-corrected chi connectivity index (χ1v) is 8.35. The van der Waals surface area contributed by atoms with Crippen molar-refractivity contribution in [3.05, 3.63) is 59.6 Å². The van der Waals surface area contributed by atoms with Gasteiger partial charge in [0.1, 0.15) is 5.75 Å². The van der Waals surface area contributed by atoms with E-state index in [1.54, 1.807) is 35.2 Å². The average molecular weight is 339 g/mol. The Morgan fingerprint density at radius 3 is 2.72 bits per heavy atom. The van der Waals surface area contributed by atoms with Gasteiger partial charge in [-0.05, 0) is 50.6 Å². The molecule has 2 heterocycles. The molecule has 2 aromatic rings. The van der Waals surface area contributed by atoms with Crippen LogP contribution < -0.4 is 9.64 Å². The molecule has 0 unspecified atom stereocenters. The standard InChI is InChI=1S/C20H21NO4/c1-4-16-20(23)21(10-9-13(2)3)15-12-14(7-8-17(15)25-16)19(22)18-6-5-11-24-18/h5-9,11-12,16H,4,10H2,1-3H3/t16-/m1/s1. The normalized spacial score (nSPS) is 16.2. The molecule has 1 aliphatic rings. The zero-order valence-corrected chi connectivity index (χ0v) is 14.6. The summed E-state index contributed by atoms with van der Waals surface area (Å²) in [6.45, 7) is 6.34. The molecular weight excluding hydrogens is 318 g/mol. The van der Waals surface area contributed by atoms with E-state index in [2.05, 4.69) is 0 Å². The Labute approximate surface area is 146 Å². The number of carbonyl (C=O) groups excluding carboxylic acids is 2. The smallest absolute Gasteiger partial charge is 0.268 e. The molecule has 1 aromatic heterocycles. The van der Waals surface area contributed by atoms with Gasteiger partial charge in [-0.2, -0.15) is 0 Å². The monoisotopic (exact) mass is 339 g/mol. The Balaban J connectivity index is 2.01. The number of fused-ring (bicyclic) bond motifs is 1. The Bertz CT molecular complexity index is 816. The molecule has 0 saturated carbocycles. The number of carbonyl (C=O) groups is 2. The lowest BCUT2D eigenvalue weighted by atomic mass is 10.0. The maximum absolute atomic E-state index is 12.7. The number of hydrogen-bond acceptors (Lipinski definition) is 4. The van der Waals surface area contributed by atoms with Crippen molar-refractivity contribution in [2.75, 3.05) is 11.4 Å². The van der Waals surface area contributed by atoms with Crippen LogP contribution in [0.2, 0.25) is 0 Å². The molecule has 0 saturated heterocycles. The summed E-state index contributed by atoms with van der Waals surface area (Å²) in [6, 6.07) is 8.44. The highest BCUT2D eigenvalue weighted by Gasteiger charge is 2.33. The quantitative estimate of drug-likeness (QED) is 0.611. The summed E-state index contributed by atoms with van der Waals surface area (Å²) >= 11 is 0. The zero-order chi connectivity index (χ0) is 18.0. The van der Waals surface area contributed by atoms with Crippen LogP contribution in [0.4, 0.5) is 5.69 Å². The number of benzene rings is 1. The number of allylic oxidation sites excluding steroid dienone is 1. The van der Waals surface area contributed by atoms with Crippen LogP contribution in [0.15, 0.2) is 52.7 Å². The topological polar surface area (TPSA) is 59.8 Å². The van der Waals surface area contributed by atoms with Crippen molar-refractivity contribution >= 4 is 17.4 Å². The van der Waals surface area contributed by atoms with Crippen molar-refractivity contribution in [1.82, 2.24) is 0 Å². The van der Waals surface area contributed by atoms with Crippen molar-refractivity contribution in [2.24, 2.45) is 0 Å². The molecule has 0 N–H and O–H groups in total. The number of nitrogens with zero attached hydrogens (tertiary/aromatic N) is 1. The summed E-state index contributed by atoms with van der Waals surface area (Å²) in [4.78, 5) is 26.9. The first-order chi connectivity index (χ1) is 12.0. The first kappa shape index (κ1) is 17.0. The molecule has 1 atom stereocenters. The molecule has 25 heavy (non-hydrogen) atoms. The molecule has 0 bridgehead atoms. The van der Waals surface area contributed by atoms with E-state index in [0.29, 0.717) is 30.0 Å². The molecule has 1 aliphatic heterocycles. The van der Waals surface area contributed by atoms with Crippen molar-refractivity contribution in [2.45, 2.75) is 33.3 Å². The van der Waals surface area contributed by atoms with Crippen LogP contribution in [0, 0.1) is 0 Å². The van der Waals surface area contributed by atoms with Gasteiger partial charge in [-0.25, -0.2) is 0 Å². The molecule has 0 fully saturated rings. The minimum Gasteiger partial charge on any atom is -0.478 e. The molecule has 0 radical (unpaired) electrons. The van der Waals surface area contributed by atoms with E-state index in [4.69, 9.17) is 9.15 Å². The number of anilines is 1. The molecule has 0 aliphatic carbocycles. The van der Waals surface area contributed by atoms with Crippen molar-refractivity contribution in [1.29, 1.82) is 0 Å². The second-order valence-corrected chi connectivity index (χ2v) is 6.23. The predicted octanol–water partition coefficient (Wildman–Crippen LogP) is 3.98. The largest absolute Gasteiger partial charge is 0.478 e. The maximum atomic E-state index is 12.7. The first-order valence-electron chi connectivity index (χ1n) is 8.35. The third-order valence-electron chi connectivity index (χ3n) is 4.12. The van der Waals surface area contributed by atoms with Gasteiger partial charge in [0.2, 0.25) is 5.78 Å². The molecule has 1 amide bonds. The summed E-state index contributed by atoms with van der Waals surface area (Å²) in [5, 5.41) is 0. The van der Waals surface area contributed by atoms with Gasteiger partial charge in [-0.15, -0.1) is 0 Å². The molecular formula is C20H21NO4. The average Bonchev–Trinajstić information content (AvgIpc) is 3.13. The Morgan fingerprint density at radius 2 is 2.08 bits per heavy atom. The lowest BCUT2D eigenvalue weighted by Crippen LogP contribution is -2.45. The molecule has 1 aromatic carbocycles. The number of ether oxygens (including phenoxy) is 1. The number of rotatable bonds is 5. The van der Waals surface area contributed by atoms with Gasteiger partial charge < -0.3 is 14.1 Å². The molecule has 3 rings (SSSR count).